The highest BCUT2D eigenvalue weighted by Crippen LogP contribution is 2.39. The summed E-state index contributed by atoms with van der Waals surface area (Å²) in [5.41, 5.74) is 0.526. The third kappa shape index (κ3) is 2.66. The van der Waals surface area contributed by atoms with Crippen LogP contribution in [0.2, 0.25) is 0 Å². The van der Waals surface area contributed by atoms with Gasteiger partial charge in [-0.1, -0.05) is 0 Å². The molecule has 7 heteroatoms. The van der Waals surface area contributed by atoms with Gasteiger partial charge in [-0.2, -0.15) is 0 Å². The van der Waals surface area contributed by atoms with Crippen molar-refractivity contribution in [3.8, 4) is 17.2 Å². The van der Waals surface area contributed by atoms with Gasteiger partial charge in [0.2, 0.25) is 5.75 Å². The predicted molar refractivity (Wildman–Crippen MR) is 72.7 cm³/mol. The van der Waals surface area contributed by atoms with Gasteiger partial charge in [0.05, 0.1) is 27.0 Å². The van der Waals surface area contributed by atoms with Crippen LogP contribution in [0.15, 0.2) is 30.9 Å². The van der Waals surface area contributed by atoms with Crippen LogP contribution in [0, 0.1) is 0 Å². The van der Waals surface area contributed by atoms with Gasteiger partial charge in [0, 0.05) is 24.5 Å². The highest BCUT2D eigenvalue weighted by molar-refractivity contribution is 5.91. The summed E-state index contributed by atoms with van der Waals surface area (Å²) in [5.74, 6) is 1.40. The molecular formula is C13H15N3O4. The Balaban J connectivity index is 2.30. The van der Waals surface area contributed by atoms with Crippen LogP contribution in [-0.2, 0) is 0 Å². The van der Waals surface area contributed by atoms with E-state index in [0.29, 0.717) is 22.9 Å². The van der Waals surface area contributed by atoms with E-state index in [0.717, 1.165) is 0 Å². The predicted octanol–water partition coefficient (Wildman–Crippen LogP) is 1.99. The highest BCUT2D eigenvalue weighted by atomic mass is 16.5. The van der Waals surface area contributed by atoms with Gasteiger partial charge in [0.15, 0.2) is 11.5 Å². The lowest BCUT2D eigenvalue weighted by Gasteiger charge is -2.14. The van der Waals surface area contributed by atoms with Crippen LogP contribution in [-0.4, -0.2) is 36.9 Å². The third-order valence-electron chi connectivity index (χ3n) is 2.65. The zero-order chi connectivity index (χ0) is 14.5. The maximum atomic E-state index is 11.9. The summed E-state index contributed by atoms with van der Waals surface area (Å²) in [7, 11) is 4.54. The molecule has 0 bridgehead atoms. The van der Waals surface area contributed by atoms with Crippen LogP contribution in [0.4, 0.5) is 10.5 Å². The van der Waals surface area contributed by atoms with Gasteiger partial charge in [-0.15, -0.1) is 0 Å². The minimum absolute atomic E-state index is 0.336. The number of aromatic nitrogens is 2. The molecule has 0 unspecified atom stereocenters. The van der Waals surface area contributed by atoms with E-state index in [-0.39, 0.29) is 6.03 Å². The topological polar surface area (TPSA) is 74.6 Å². The van der Waals surface area contributed by atoms with Crippen LogP contribution >= 0.6 is 0 Å². The number of amides is 1. The number of nitrogens with zero attached hydrogens (tertiary/aromatic N) is 2. The fourth-order valence-electron chi connectivity index (χ4n) is 1.72. The standard InChI is InChI=1S/C13H15N3O4/c1-18-10-6-9(7-11(19-2)12(10)20-3)15-13(17)16-5-4-14-8-16/h4-8H,1-3H3,(H,15,17). The Labute approximate surface area is 116 Å². The van der Waals surface area contributed by atoms with Crippen molar-refractivity contribution in [2.45, 2.75) is 0 Å². The molecule has 2 aromatic rings. The fraction of sp³-hybridized carbons (Fsp3) is 0.231. The first kappa shape index (κ1) is 13.7. The Morgan fingerprint density at radius 2 is 1.80 bits per heavy atom. The maximum absolute atomic E-state index is 11.9. The van der Waals surface area contributed by atoms with Crippen molar-refractivity contribution < 1.29 is 19.0 Å². The van der Waals surface area contributed by atoms with Crippen LogP contribution < -0.4 is 19.5 Å². The number of hydrogen-bond acceptors (Lipinski definition) is 5. The first-order valence-electron chi connectivity index (χ1n) is 5.79. The number of nitrogens with one attached hydrogen (secondary N) is 1. The van der Waals surface area contributed by atoms with Crippen molar-refractivity contribution in [3.05, 3.63) is 30.9 Å². The Morgan fingerprint density at radius 3 is 2.25 bits per heavy atom. The van der Waals surface area contributed by atoms with E-state index in [1.165, 1.54) is 38.4 Å². The second kappa shape index (κ2) is 5.96. The molecular weight excluding hydrogens is 262 g/mol. The monoisotopic (exact) mass is 277 g/mol. The average Bonchev–Trinajstić information content (AvgIpc) is 3.00. The van der Waals surface area contributed by atoms with E-state index < -0.39 is 0 Å². The lowest BCUT2D eigenvalue weighted by Crippen LogP contribution is -2.17. The van der Waals surface area contributed by atoms with Crippen LogP contribution in [0.25, 0.3) is 0 Å². The zero-order valence-corrected chi connectivity index (χ0v) is 11.4. The van der Waals surface area contributed by atoms with E-state index in [2.05, 4.69) is 10.3 Å². The first-order valence-corrected chi connectivity index (χ1v) is 5.79. The van der Waals surface area contributed by atoms with Gasteiger partial charge in [-0.05, 0) is 0 Å². The minimum Gasteiger partial charge on any atom is -0.493 e. The second-order valence-corrected chi connectivity index (χ2v) is 3.81. The van der Waals surface area contributed by atoms with Crippen molar-refractivity contribution in [1.82, 2.24) is 9.55 Å². The summed E-state index contributed by atoms with van der Waals surface area (Å²) in [4.78, 5) is 15.7. The molecule has 7 nitrogen and oxygen atoms in total. The molecule has 0 saturated carbocycles. The molecule has 1 aromatic carbocycles. The molecule has 0 fully saturated rings. The number of rotatable bonds is 4. The fourth-order valence-corrected chi connectivity index (χ4v) is 1.72. The molecule has 1 heterocycles. The maximum Gasteiger partial charge on any atom is 0.331 e. The second-order valence-electron chi connectivity index (χ2n) is 3.81. The molecule has 0 aliphatic rings. The number of carbonyl (C=O) groups excluding carboxylic acids is 1. The summed E-state index contributed by atoms with van der Waals surface area (Å²) >= 11 is 0. The number of benzene rings is 1. The first-order chi connectivity index (χ1) is 9.69. The summed E-state index contributed by atoms with van der Waals surface area (Å²) < 4.78 is 17.0. The normalized spacial score (nSPS) is 9.95. The van der Waals surface area contributed by atoms with Crippen molar-refractivity contribution in [1.29, 1.82) is 0 Å². The Bertz CT molecular complexity index is 571. The molecule has 1 aromatic heterocycles. The summed E-state index contributed by atoms with van der Waals surface area (Å²) in [6, 6.07) is 2.96. The SMILES string of the molecule is COc1cc(NC(=O)n2ccnc2)cc(OC)c1OC. The molecule has 2 rings (SSSR count). The molecule has 0 spiro atoms. The van der Waals surface area contributed by atoms with Crippen molar-refractivity contribution in [2.75, 3.05) is 26.6 Å². The lowest BCUT2D eigenvalue weighted by atomic mass is 10.2. The molecule has 0 aliphatic carbocycles. The quantitative estimate of drug-likeness (QED) is 0.925. The largest absolute Gasteiger partial charge is 0.493 e. The summed E-state index contributed by atoms with van der Waals surface area (Å²) in [6.07, 6.45) is 4.48. The van der Waals surface area contributed by atoms with E-state index in [4.69, 9.17) is 14.2 Å². The number of carbonyl (C=O) groups is 1. The number of hydrogen-bond donors (Lipinski definition) is 1. The van der Waals surface area contributed by atoms with Gasteiger partial charge in [0.25, 0.3) is 0 Å². The zero-order valence-electron chi connectivity index (χ0n) is 11.4. The van der Waals surface area contributed by atoms with Crippen LogP contribution in [0.5, 0.6) is 17.2 Å². The van der Waals surface area contributed by atoms with Crippen molar-refractivity contribution >= 4 is 11.7 Å². The van der Waals surface area contributed by atoms with Crippen LogP contribution in [0.3, 0.4) is 0 Å². The Kier molecular flexibility index (Phi) is 4.09. The van der Waals surface area contributed by atoms with E-state index >= 15 is 0 Å². The molecule has 1 N–H and O–H groups in total. The van der Waals surface area contributed by atoms with Gasteiger partial charge in [-0.25, -0.2) is 9.78 Å². The molecule has 0 atom stereocenters. The Morgan fingerprint density at radius 1 is 1.15 bits per heavy atom. The average molecular weight is 277 g/mol. The smallest absolute Gasteiger partial charge is 0.331 e. The van der Waals surface area contributed by atoms with E-state index in [9.17, 15) is 4.79 Å². The van der Waals surface area contributed by atoms with Crippen molar-refractivity contribution in [3.63, 3.8) is 0 Å². The van der Waals surface area contributed by atoms with Gasteiger partial charge >= 0.3 is 6.03 Å². The number of anilines is 1. The molecule has 0 saturated heterocycles. The van der Waals surface area contributed by atoms with Crippen LogP contribution in [0.1, 0.15) is 0 Å². The number of imidazole rings is 1. The summed E-state index contributed by atoms with van der Waals surface area (Å²) in [5, 5.41) is 2.71. The van der Waals surface area contributed by atoms with Crippen molar-refractivity contribution in [2.24, 2.45) is 0 Å². The van der Waals surface area contributed by atoms with Gasteiger partial charge in [0.1, 0.15) is 6.33 Å². The Hall–Kier alpha value is -2.70. The van der Waals surface area contributed by atoms with E-state index in [1.54, 1.807) is 18.3 Å². The minimum atomic E-state index is -0.336. The molecule has 106 valence electrons. The molecule has 0 aliphatic heterocycles. The summed E-state index contributed by atoms with van der Waals surface area (Å²) in [6.45, 7) is 0. The third-order valence-corrected chi connectivity index (χ3v) is 2.65. The molecule has 1 amide bonds. The van der Waals surface area contributed by atoms with Gasteiger partial charge < -0.3 is 19.5 Å². The lowest BCUT2D eigenvalue weighted by molar-refractivity contribution is 0.253. The molecule has 20 heavy (non-hydrogen) atoms. The number of ether oxygens (including phenoxy) is 3. The molecule has 0 radical (unpaired) electrons. The highest BCUT2D eigenvalue weighted by Gasteiger charge is 2.14. The van der Waals surface area contributed by atoms with Gasteiger partial charge in [-0.3, -0.25) is 4.57 Å². The van der Waals surface area contributed by atoms with E-state index in [1.807, 2.05) is 0 Å². The number of methoxy groups -OCH3 is 3.